The molecular weight excluding hydrogens is 285 g/mol. The highest BCUT2D eigenvalue weighted by atomic mass is 19.1. The van der Waals surface area contributed by atoms with E-state index in [9.17, 15) is 19.1 Å². The number of hydrogen-bond acceptors (Lipinski definition) is 5. The van der Waals surface area contributed by atoms with Crippen LogP contribution in [0, 0.1) is 5.82 Å². The zero-order chi connectivity index (χ0) is 16.2. The van der Waals surface area contributed by atoms with E-state index in [-0.39, 0.29) is 17.1 Å². The molecule has 0 bridgehead atoms. The van der Waals surface area contributed by atoms with Crippen molar-refractivity contribution in [3.8, 4) is 11.5 Å². The summed E-state index contributed by atoms with van der Waals surface area (Å²) in [4.78, 5) is 22.6. The minimum Gasteiger partial charge on any atom is -0.493 e. The zero-order valence-electron chi connectivity index (χ0n) is 11.8. The van der Waals surface area contributed by atoms with Crippen molar-refractivity contribution < 1.29 is 33.7 Å². The maximum Gasteiger partial charge on any atom is 0.337 e. The van der Waals surface area contributed by atoms with Gasteiger partial charge in [-0.3, -0.25) is 4.79 Å². The lowest BCUT2D eigenvalue weighted by molar-refractivity contribution is -0.155. The molecule has 0 aliphatic rings. The number of carboxylic acid groups (broad SMARTS) is 1. The van der Waals surface area contributed by atoms with Gasteiger partial charge in [-0.1, -0.05) is 0 Å². The summed E-state index contributed by atoms with van der Waals surface area (Å²) in [6.45, 7) is 0.440. The Morgan fingerprint density at radius 1 is 1.29 bits per heavy atom. The van der Waals surface area contributed by atoms with Gasteiger partial charge in [0, 0.05) is 6.07 Å². The van der Waals surface area contributed by atoms with Crippen molar-refractivity contribution in [1.82, 2.24) is 5.32 Å². The second-order valence-electron chi connectivity index (χ2n) is 4.45. The number of carboxylic acids is 1. The molecule has 0 aliphatic carbocycles. The van der Waals surface area contributed by atoms with E-state index in [1.54, 1.807) is 0 Å². The van der Waals surface area contributed by atoms with Crippen molar-refractivity contribution in [2.24, 2.45) is 0 Å². The molecule has 0 heterocycles. The predicted molar refractivity (Wildman–Crippen MR) is 70.1 cm³/mol. The minimum atomic E-state index is -2.15. The topological polar surface area (TPSA) is 105 Å². The number of carbonyl (C=O) groups excluding carboxylic acids is 1. The molecule has 1 rings (SSSR count). The van der Waals surface area contributed by atoms with Gasteiger partial charge in [0.15, 0.2) is 17.1 Å². The minimum absolute atomic E-state index is 0.115. The van der Waals surface area contributed by atoms with Crippen molar-refractivity contribution in [2.45, 2.75) is 12.5 Å². The van der Waals surface area contributed by atoms with E-state index in [0.29, 0.717) is 0 Å². The number of aliphatic hydroxyl groups is 1. The van der Waals surface area contributed by atoms with Crippen molar-refractivity contribution >= 4 is 11.9 Å². The molecule has 21 heavy (non-hydrogen) atoms. The van der Waals surface area contributed by atoms with Crippen LogP contribution in [0.3, 0.4) is 0 Å². The number of nitrogens with one attached hydrogen (secondary N) is 1. The van der Waals surface area contributed by atoms with Gasteiger partial charge in [0.05, 0.1) is 26.3 Å². The van der Waals surface area contributed by atoms with E-state index in [2.05, 4.69) is 5.32 Å². The smallest absolute Gasteiger partial charge is 0.337 e. The third kappa shape index (κ3) is 3.82. The van der Waals surface area contributed by atoms with Crippen LogP contribution in [0.1, 0.15) is 17.3 Å². The maximum atomic E-state index is 13.8. The van der Waals surface area contributed by atoms with Gasteiger partial charge in [-0.25, -0.2) is 9.18 Å². The van der Waals surface area contributed by atoms with Crippen LogP contribution in [0.2, 0.25) is 0 Å². The summed E-state index contributed by atoms with van der Waals surface area (Å²) >= 11 is 0. The third-order valence-electron chi connectivity index (χ3n) is 2.77. The van der Waals surface area contributed by atoms with Gasteiger partial charge in [0.1, 0.15) is 5.82 Å². The molecule has 1 aromatic rings. The van der Waals surface area contributed by atoms with Crippen molar-refractivity contribution in [2.75, 3.05) is 20.8 Å². The summed E-state index contributed by atoms with van der Waals surface area (Å²) < 4.78 is 23.6. The number of ether oxygens (including phenoxy) is 2. The Labute approximate surface area is 120 Å². The van der Waals surface area contributed by atoms with Gasteiger partial charge in [-0.15, -0.1) is 0 Å². The Bertz CT molecular complexity index is 558. The molecule has 0 saturated heterocycles. The van der Waals surface area contributed by atoms with E-state index in [1.807, 2.05) is 0 Å². The molecule has 3 N–H and O–H groups in total. The molecular formula is C13H16FNO6. The Kier molecular flexibility index (Phi) is 5.09. The third-order valence-corrected chi connectivity index (χ3v) is 2.77. The summed E-state index contributed by atoms with van der Waals surface area (Å²) in [6, 6.07) is 2.10. The van der Waals surface area contributed by atoms with Crippen LogP contribution in [-0.4, -0.2) is 48.5 Å². The van der Waals surface area contributed by atoms with Crippen LogP contribution in [0.15, 0.2) is 12.1 Å². The average Bonchev–Trinajstić information content (AvgIpc) is 2.44. The number of benzene rings is 1. The second kappa shape index (κ2) is 6.40. The highest BCUT2D eigenvalue weighted by Crippen LogP contribution is 2.29. The Morgan fingerprint density at radius 2 is 1.81 bits per heavy atom. The molecule has 1 aromatic carbocycles. The van der Waals surface area contributed by atoms with Crippen LogP contribution in [-0.2, 0) is 4.79 Å². The number of hydrogen-bond donors (Lipinski definition) is 3. The normalized spacial score (nSPS) is 13.2. The standard InChI is InChI=1S/C13H16FNO6/c1-13(19,12(17)18)6-15-11(16)7-4-9(20-2)10(21-3)5-8(7)14/h4-5,19H,6H2,1-3H3,(H,15,16)(H,17,18). The Balaban J connectivity index is 2.95. The van der Waals surface area contributed by atoms with Crippen molar-refractivity contribution in [3.63, 3.8) is 0 Å². The lowest BCUT2D eigenvalue weighted by Gasteiger charge is -2.18. The Morgan fingerprint density at radius 3 is 2.29 bits per heavy atom. The van der Waals surface area contributed by atoms with Crippen molar-refractivity contribution in [3.05, 3.63) is 23.5 Å². The number of amides is 1. The van der Waals surface area contributed by atoms with E-state index in [0.717, 1.165) is 19.1 Å². The highest BCUT2D eigenvalue weighted by molar-refractivity contribution is 5.95. The Hall–Kier alpha value is -2.35. The first-order chi connectivity index (χ1) is 9.72. The molecule has 1 unspecified atom stereocenters. The lowest BCUT2D eigenvalue weighted by Crippen LogP contribution is -2.46. The monoisotopic (exact) mass is 301 g/mol. The molecule has 1 atom stereocenters. The molecule has 0 radical (unpaired) electrons. The first-order valence-electron chi connectivity index (χ1n) is 5.88. The van der Waals surface area contributed by atoms with E-state index in [1.165, 1.54) is 14.2 Å². The second-order valence-corrected chi connectivity index (χ2v) is 4.45. The fraction of sp³-hybridized carbons (Fsp3) is 0.385. The van der Waals surface area contributed by atoms with Gasteiger partial charge >= 0.3 is 5.97 Å². The van der Waals surface area contributed by atoms with Gasteiger partial charge in [-0.2, -0.15) is 0 Å². The van der Waals surface area contributed by atoms with E-state index >= 15 is 0 Å². The number of aliphatic carboxylic acids is 1. The zero-order valence-corrected chi connectivity index (χ0v) is 11.8. The van der Waals surface area contributed by atoms with Crippen LogP contribution in [0.4, 0.5) is 4.39 Å². The van der Waals surface area contributed by atoms with E-state index < -0.39 is 29.8 Å². The van der Waals surface area contributed by atoms with E-state index in [4.69, 9.17) is 14.6 Å². The van der Waals surface area contributed by atoms with Crippen LogP contribution in [0.25, 0.3) is 0 Å². The first kappa shape index (κ1) is 16.7. The summed E-state index contributed by atoms with van der Waals surface area (Å²) in [7, 11) is 2.65. The quantitative estimate of drug-likeness (QED) is 0.703. The van der Waals surface area contributed by atoms with Crippen molar-refractivity contribution in [1.29, 1.82) is 0 Å². The summed E-state index contributed by atoms with van der Waals surface area (Å²) in [5.41, 5.74) is -2.50. The molecule has 0 saturated carbocycles. The van der Waals surface area contributed by atoms with Gasteiger partial charge in [-0.05, 0) is 13.0 Å². The average molecular weight is 301 g/mol. The summed E-state index contributed by atoms with van der Waals surface area (Å²) in [5, 5.41) is 20.3. The fourth-order valence-corrected chi connectivity index (χ4v) is 1.45. The SMILES string of the molecule is COc1cc(F)c(C(=O)NCC(C)(O)C(=O)O)cc1OC. The first-order valence-corrected chi connectivity index (χ1v) is 5.88. The molecule has 0 aliphatic heterocycles. The molecule has 0 spiro atoms. The van der Waals surface area contributed by atoms with Gasteiger partial charge in [0.25, 0.3) is 5.91 Å². The molecule has 116 valence electrons. The number of rotatable bonds is 6. The molecule has 8 heteroatoms. The van der Waals surface area contributed by atoms with Gasteiger partial charge < -0.3 is 25.0 Å². The predicted octanol–water partition coefficient (Wildman–Crippen LogP) is 0.408. The maximum absolute atomic E-state index is 13.8. The fourth-order valence-electron chi connectivity index (χ4n) is 1.45. The summed E-state index contributed by atoms with van der Waals surface area (Å²) in [6.07, 6.45) is 0. The lowest BCUT2D eigenvalue weighted by atomic mass is 10.1. The van der Waals surface area contributed by atoms with Crippen LogP contribution >= 0.6 is 0 Å². The molecule has 1 amide bonds. The van der Waals surface area contributed by atoms with Crippen LogP contribution < -0.4 is 14.8 Å². The highest BCUT2D eigenvalue weighted by Gasteiger charge is 2.30. The number of carbonyl (C=O) groups is 2. The number of methoxy groups -OCH3 is 2. The number of halogens is 1. The summed E-state index contributed by atoms with van der Waals surface area (Å²) in [5.74, 6) is -2.98. The molecule has 7 nitrogen and oxygen atoms in total. The largest absolute Gasteiger partial charge is 0.493 e. The molecule has 0 aromatic heterocycles. The van der Waals surface area contributed by atoms with Crippen LogP contribution in [0.5, 0.6) is 11.5 Å². The van der Waals surface area contributed by atoms with Gasteiger partial charge in [0.2, 0.25) is 0 Å². The molecule has 0 fully saturated rings.